The summed E-state index contributed by atoms with van der Waals surface area (Å²) in [6.45, 7) is 2.63. The maximum atomic E-state index is 11.8. The lowest BCUT2D eigenvalue weighted by atomic mass is 10.2. The molecule has 104 valence electrons. The Bertz CT molecular complexity index is 586. The average Bonchev–Trinajstić information content (AvgIpc) is 2.47. The third-order valence-corrected chi connectivity index (χ3v) is 4.49. The second-order valence-electron chi connectivity index (χ2n) is 4.46. The molecular weight excluding hydrogens is 334 g/mol. The van der Waals surface area contributed by atoms with Crippen molar-refractivity contribution < 1.29 is 4.79 Å². The summed E-state index contributed by atoms with van der Waals surface area (Å²) in [5, 5.41) is 2.93. The molecule has 2 aromatic carbocycles. The lowest BCUT2D eigenvalue weighted by molar-refractivity contribution is -0.118. The summed E-state index contributed by atoms with van der Waals surface area (Å²) in [6, 6.07) is 16.0. The molecule has 0 heterocycles. The third kappa shape index (κ3) is 4.69. The van der Waals surface area contributed by atoms with Gasteiger partial charge >= 0.3 is 0 Å². The highest BCUT2D eigenvalue weighted by atomic mass is 79.9. The van der Waals surface area contributed by atoms with Crippen molar-refractivity contribution in [1.29, 1.82) is 0 Å². The smallest absolute Gasteiger partial charge is 0.230 e. The topological polar surface area (TPSA) is 29.1 Å². The second-order valence-corrected chi connectivity index (χ2v) is 6.39. The Labute approximate surface area is 132 Å². The minimum atomic E-state index is 0.0539. The zero-order valence-corrected chi connectivity index (χ0v) is 13.6. The molecule has 0 atom stereocenters. The van der Waals surface area contributed by atoms with E-state index >= 15 is 0 Å². The van der Waals surface area contributed by atoms with Gasteiger partial charge in [-0.15, -0.1) is 11.8 Å². The van der Waals surface area contributed by atoms with Crippen molar-refractivity contribution in [1.82, 2.24) is 5.32 Å². The molecule has 20 heavy (non-hydrogen) atoms. The molecule has 2 rings (SSSR count). The number of hydrogen-bond acceptors (Lipinski definition) is 2. The summed E-state index contributed by atoms with van der Waals surface area (Å²) < 4.78 is 1.04. The van der Waals surface area contributed by atoms with E-state index in [1.54, 1.807) is 11.8 Å². The highest BCUT2D eigenvalue weighted by Crippen LogP contribution is 2.25. The number of rotatable bonds is 5. The molecule has 0 aliphatic carbocycles. The van der Waals surface area contributed by atoms with Crippen LogP contribution in [-0.4, -0.2) is 11.7 Å². The van der Waals surface area contributed by atoms with E-state index in [0.29, 0.717) is 12.3 Å². The van der Waals surface area contributed by atoms with Crippen LogP contribution in [-0.2, 0) is 11.3 Å². The molecule has 0 fully saturated rings. The summed E-state index contributed by atoms with van der Waals surface area (Å²) in [6.07, 6.45) is 0. The number of amides is 1. The Morgan fingerprint density at radius 2 is 1.95 bits per heavy atom. The molecule has 1 amide bonds. The first-order valence-corrected chi connectivity index (χ1v) is 8.12. The zero-order chi connectivity index (χ0) is 14.4. The first kappa shape index (κ1) is 15.1. The highest BCUT2D eigenvalue weighted by molar-refractivity contribution is 9.10. The van der Waals surface area contributed by atoms with Crippen LogP contribution in [0.25, 0.3) is 0 Å². The van der Waals surface area contributed by atoms with Crippen molar-refractivity contribution in [3.05, 3.63) is 64.1 Å². The second kappa shape index (κ2) is 7.50. The fourth-order valence-corrected chi connectivity index (χ4v) is 3.13. The van der Waals surface area contributed by atoms with Gasteiger partial charge in [-0.05, 0) is 30.2 Å². The number of halogens is 1. The van der Waals surface area contributed by atoms with Gasteiger partial charge in [-0.2, -0.15) is 0 Å². The van der Waals surface area contributed by atoms with Crippen LogP contribution in [0.5, 0.6) is 0 Å². The minimum Gasteiger partial charge on any atom is -0.351 e. The van der Waals surface area contributed by atoms with Crippen molar-refractivity contribution in [2.75, 3.05) is 5.75 Å². The summed E-state index contributed by atoms with van der Waals surface area (Å²) in [5.74, 6) is 0.489. The van der Waals surface area contributed by atoms with Crippen LogP contribution in [0.4, 0.5) is 0 Å². The van der Waals surface area contributed by atoms with Crippen molar-refractivity contribution >= 4 is 33.6 Å². The zero-order valence-electron chi connectivity index (χ0n) is 11.2. The largest absolute Gasteiger partial charge is 0.351 e. The first-order valence-electron chi connectivity index (χ1n) is 6.35. The molecule has 2 aromatic rings. The van der Waals surface area contributed by atoms with E-state index in [1.165, 1.54) is 5.56 Å². The van der Waals surface area contributed by atoms with Crippen LogP contribution < -0.4 is 5.32 Å². The fourth-order valence-electron chi connectivity index (χ4n) is 1.72. The normalized spacial score (nSPS) is 10.3. The molecule has 1 N–H and O–H groups in total. The highest BCUT2D eigenvalue weighted by Gasteiger charge is 2.05. The van der Waals surface area contributed by atoms with Gasteiger partial charge in [0.05, 0.1) is 5.75 Å². The van der Waals surface area contributed by atoms with E-state index in [9.17, 15) is 4.79 Å². The molecule has 0 saturated carbocycles. The molecule has 0 aromatic heterocycles. The maximum absolute atomic E-state index is 11.8. The minimum absolute atomic E-state index is 0.0539. The van der Waals surface area contributed by atoms with E-state index in [0.717, 1.165) is 14.9 Å². The van der Waals surface area contributed by atoms with Gasteiger partial charge in [-0.1, -0.05) is 52.3 Å². The molecule has 0 bridgehead atoms. The number of benzene rings is 2. The standard InChI is InChI=1S/C16H16BrNOS/c1-12-7-8-14(17)9-15(12)20-11-16(19)18-10-13-5-3-2-4-6-13/h2-9H,10-11H2,1H3,(H,18,19). The predicted molar refractivity (Wildman–Crippen MR) is 87.9 cm³/mol. The quantitative estimate of drug-likeness (QED) is 0.821. The maximum Gasteiger partial charge on any atom is 0.230 e. The van der Waals surface area contributed by atoms with Gasteiger partial charge in [0.1, 0.15) is 0 Å². The average molecular weight is 350 g/mol. The molecule has 0 unspecified atom stereocenters. The molecule has 4 heteroatoms. The van der Waals surface area contributed by atoms with Crippen molar-refractivity contribution in [2.45, 2.75) is 18.4 Å². The first-order chi connectivity index (χ1) is 9.65. The van der Waals surface area contributed by atoms with E-state index in [2.05, 4.69) is 28.2 Å². The van der Waals surface area contributed by atoms with Gasteiger partial charge < -0.3 is 5.32 Å². The molecule has 0 saturated heterocycles. The molecule has 2 nitrogen and oxygen atoms in total. The number of carbonyl (C=O) groups is 1. The Hall–Kier alpha value is -1.26. The third-order valence-electron chi connectivity index (χ3n) is 2.84. The van der Waals surface area contributed by atoms with Crippen LogP contribution in [0.15, 0.2) is 57.9 Å². The van der Waals surface area contributed by atoms with Crippen molar-refractivity contribution in [3.8, 4) is 0 Å². The van der Waals surface area contributed by atoms with E-state index in [-0.39, 0.29) is 5.91 Å². The number of aryl methyl sites for hydroxylation is 1. The fraction of sp³-hybridized carbons (Fsp3) is 0.188. The Kier molecular flexibility index (Phi) is 5.68. The van der Waals surface area contributed by atoms with Crippen LogP contribution >= 0.6 is 27.7 Å². The van der Waals surface area contributed by atoms with Crippen LogP contribution in [0.2, 0.25) is 0 Å². The van der Waals surface area contributed by atoms with Crippen LogP contribution in [0.1, 0.15) is 11.1 Å². The van der Waals surface area contributed by atoms with Gasteiger partial charge in [-0.3, -0.25) is 4.79 Å². The predicted octanol–water partition coefficient (Wildman–Crippen LogP) is 4.17. The van der Waals surface area contributed by atoms with Gasteiger partial charge in [-0.25, -0.2) is 0 Å². The summed E-state index contributed by atoms with van der Waals surface area (Å²) in [5.41, 5.74) is 2.30. The SMILES string of the molecule is Cc1ccc(Br)cc1SCC(=O)NCc1ccccc1. The van der Waals surface area contributed by atoms with Crippen LogP contribution in [0, 0.1) is 6.92 Å². The number of thioether (sulfide) groups is 1. The molecule has 0 aliphatic rings. The molecule has 0 radical (unpaired) electrons. The lowest BCUT2D eigenvalue weighted by Gasteiger charge is -2.07. The van der Waals surface area contributed by atoms with Gasteiger partial charge in [0.25, 0.3) is 0 Å². The Morgan fingerprint density at radius 3 is 2.70 bits per heavy atom. The van der Waals surface area contributed by atoms with Gasteiger partial charge in [0, 0.05) is 15.9 Å². The summed E-state index contributed by atoms with van der Waals surface area (Å²) in [7, 11) is 0. The molecule has 0 aliphatic heterocycles. The summed E-state index contributed by atoms with van der Waals surface area (Å²) >= 11 is 5.01. The van der Waals surface area contributed by atoms with Crippen molar-refractivity contribution in [3.63, 3.8) is 0 Å². The molecular formula is C16H16BrNOS. The van der Waals surface area contributed by atoms with Crippen molar-refractivity contribution in [2.24, 2.45) is 0 Å². The van der Waals surface area contributed by atoms with Crippen LogP contribution in [0.3, 0.4) is 0 Å². The van der Waals surface area contributed by atoms with Gasteiger partial charge in [0.2, 0.25) is 5.91 Å². The number of carbonyl (C=O) groups excluding carboxylic acids is 1. The summed E-state index contributed by atoms with van der Waals surface area (Å²) in [4.78, 5) is 13.0. The van der Waals surface area contributed by atoms with E-state index < -0.39 is 0 Å². The lowest BCUT2D eigenvalue weighted by Crippen LogP contribution is -2.24. The Balaban J connectivity index is 1.82. The monoisotopic (exact) mass is 349 g/mol. The van der Waals surface area contributed by atoms with E-state index in [1.807, 2.05) is 48.5 Å². The Morgan fingerprint density at radius 1 is 1.20 bits per heavy atom. The number of nitrogens with one attached hydrogen (secondary N) is 1. The van der Waals surface area contributed by atoms with Gasteiger partial charge in [0.15, 0.2) is 0 Å². The molecule has 0 spiro atoms. The number of hydrogen-bond donors (Lipinski definition) is 1. The van der Waals surface area contributed by atoms with E-state index in [4.69, 9.17) is 0 Å².